The van der Waals surface area contributed by atoms with Crippen molar-refractivity contribution in [2.24, 2.45) is 4.99 Å². The third-order valence-corrected chi connectivity index (χ3v) is 4.53. The molecule has 0 fully saturated rings. The third-order valence-electron chi connectivity index (χ3n) is 4.53. The molecule has 0 aliphatic rings. The number of nitrogens with one attached hydrogen (secondary N) is 2. The molecule has 1 aromatic heterocycles. The van der Waals surface area contributed by atoms with E-state index in [0.29, 0.717) is 23.6 Å². The number of benzene rings is 2. The molecule has 0 saturated heterocycles. The first-order valence-electron chi connectivity index (χ1n) is 9.26. The third kappa shape index (κ3) is 5.57. The Bertz CT molecular complexity index is 1080. The van der Waals surface area contributed by atoms with Crippen molar-refractivity contribution in [3.63, 3.8) is 0 Å². The number of hydrogen-bond acceptors (Lipinski definition) is 3. The Kier molecular flexibility index (Phi) is 8.35. The Morgan fingerprint density at radius 3 is 2.40 bits per heavy atom. The number of halogens is 2. The Morgan fingerprint density at radius 1 is 1.10 bits per heavy atom. The van der Waals surface area contributed by atoms with Crippen molar-refractivity contribution >= 4 is 29.9 Å². The Morgan fingerprint density at radius 2 is 1.80 bits per heavy atom. The van der Waals surface area contributed by atoms with Gasteiger partial charge in [-0.25, -0.2) is 9.07 Å². The lowest BCUT2D eigenvalue weighted by atomic mass is 10.1. The summed E-state index contributed by atoms with van der Waals surface area (Å²) in [4.78, 5) is 4.20. The van der Waals surface area contributed by atoms with Crippen LogP contribution >= 0.6 is 24.0 Å². The molecule has 1 heterocycles. The average molecular weight is 518 g/mol. The number of para-hydroxylation sites is 1. The zero-order valence-electron chi connectivity index (χ0n) is 17.1. The highest BCUT2D eigenvalue weighted by Gasteiger charge is 2.10. The molecule has 0 unspecified atom stereocenters. The molecule has 2 N–H and O–H groups in total. The van der Waals surface area contributed by atoms with Crippen LogP contribution in [0.25, 0.3) is 5.69 Å². The van der Waals surface area contributed by atoms with Crippen molar-refractivity contribution < 1.29 is 4.39 Å². The number of rotatable bonds is 5. The van der Waals surface area contributed by atoms with Crippen molar-refractivity contribution in [3.05, 3.63) is 82.4 Å². The fraction of sp³-hybridized carbons (Fsp3) is 0.227. The summed E-state index contributed by atoms with van der Waals surface area (Å²) in [5.74, 6) is 0.138. The fourth-order valence-corrected chi connectivity index (χ4v) is 3.08. The van der Waals surface area contributed by atoms with Crippen molar-refractivity contribution in [1.82, 2.24) is 20.4 Å². The molecule has 30 heavy (non-hydrogen) atoms. The molecular formula is C22H24FIN6. The molecule has 6 nitrogen and oxygen atoms in total. The van der Waals surface area contributed by atoms with Gasteiger partial charge in [0.2, 0.25) is 0 Å². The van der Waals surface area contributed by atoms with Gasteiger partial charge in [-0.2, -0.15) is 10.4 Å². The molecule has 0 bridgehead atoms. The highest BCUT2D eigenvalue weighted by molar-refractivity contribution is 14.0. The van der Waals surface area contributed by atoms with Crippen LogP contribution < -0.4 is 10.6 Å². The van der Waals surface area contributed by atoms with Gasteiger partial charge in [0.05, 0.1) is 23.0 Å². The van der Waals surface area contributed by atoms with Gasteiger partial charge in [0.25, 0.3) is 0 Å². The van der Waals surface area contributed by atoms with E-state index in [9.17, 15) is 4.39 Å². The highest BCUT2D eigenvalue weighted by Crippen LogP contribution is 2.17. The predicted octanol–water partition coefficient (Wildman–Crippen LogP) is 3.98. The largest absolute Gasteiger partial charge is 0.352 e. The van der Waals surface area contributed by atoms with Crippen molar-refractivity contribution in [1.29, 1.82) is 5.26 Å². The SMILES string of the molecule is CN=C(NCc1ccc(C#N)cc1F)NCc1ccccc1-n1nc(C)cc1C.I. The van der Waals surface area contributed by atoms with Gasteiger partial charge < -0.3 is 10.6 Å². The number of guanidine groups is 1. The van der Waals surface area contributed by atoms with Crippen LogP contribution in [0.2, 0.25) is 0 Å². The van der Waals surface area contributed by atoms with E-state index in [1.165, 1.54) is 6.07 Å². The van der Waals surface area contributed by atoms with Crippen LogP contribution in [0.1, 0.15) is 28.1 Å². The maximum atomic E-state index is 14.1. The van der Waals surface area contributed by atoms with Gasteiger partial charge in [-0.15, -0.1) is 24.0 Å². The second-order valence-electron chi connectivity index (χ2n) is 6.66. The number of nitriles is 1. The average Bonchev–Trinajstić information content (AvgIpc) is 3.07. The monoisotopic (exact) mass is 518 g/mol. The molecular weight excluding hydrogens is 494 g/mol. The summed E-state index contributed by atoms with van der Waals surface area (Å²) in [5, 5.41) is 19.8. The second kappa shape index (κ2) is 10.7. The number of hydrogen-bond donors (Lipinski definition) is 2. The smallest absolute Gasteiger partial charge is 0.191 e. The molecule has 0 saturated carbocycles. The first kappa shape index (κ1) is 23.3. The van der Waals surface area contributed by atoms with Gasteiger partial charge in [0, 0.05) is 31.4 Å². The maximum Gasteiger partial charge on any atom is 0.191 e. The first-order chi connectivity index (χ1) is 14.0. The van der Waals surface area contributed by atoms with E-state index < -0.39 is 5.82 Å². The molecule has 3 aromatic rings. The lowest BCUT2D eigenvalue weighted by molar-refractivity contribution is 0.604. The predicted molar refractivity (Wildman–Crippen MR) is 127 cm³/mol. The molecule has 0 radical (unpaired) electrons. The standard InChI is InChI=1S/C22H23FN6.HI/c1-15-10-16(2)29(28-15)21-7-5-4-6-19(21)14-27-22(25-3)26-13-18-9-8-17(12-24)11-20(18)23;/h4-11H,13-14H2,1-3H3,(H2,25,26,27);1H. The number of aromatic nitrogens is 2. The van der Waals surface area contributed by atoms with E-state index >= 15 is 0 Å². The van der Waals surface area contributed by atoms with Crippen LogP contribution in [0, 0.1) is 31.0 Å². The second-order valence-corrected chi connectivity index (χ2v) is 6.66. The molecule has 156 valence electrons. The minimum atomic E-state index is -0.415. The van der Waals surface area contributed by atoms with Crippen LogP contribution in [0.15, 0.2) is 53.5 Å². The summed E-state index contributed by atoms with van der Waals surface area (Å²) >= 11 is 0. The first-order valence-corrected chi connectivity index (χ1v) is 9.26. The summed E-state index contributed by atoms with van der Waals surface area (Å²) in [6.07, 6.45) is 0. The summed E-state index contributed by atoms with van der Waals surface area (Å²) in [7, 11) is 1.66. The molecule has 8 heteroatoms. The Hall–Kier alpha value is -2.93. The molecule has 3 rings (SSSR count). The molecule has 0 aliphatic carbocycles. The van der Waals surface area contributed by atoms with Gasteiger partial charge in [-0.3, -0.25) is 4.99 Å². The van der Waals surface area contributed by atoms with Crippen LogP contribution in [0.5, 0.6) is 0 Å². The lowest BCUT2D eigenvalue weighted by Gasteiger charge is -2.15. The van der Waals surface area contributed by atoms with Gasteiger partial charge in [0.1, 0.15) is 5.82 Å². The van der Waals surface area contributed by atoms with Crippen molar-refractivity contribution in [3.8, 4) is 11.8 Å². The molecule has 0 amide bonds. The molecule has 0 spiro atoms. The quantitative estimate of drug-likeness (QED) is 0.305. The maximum absolute atomic E-state index is 14.1. The molecule has 0 atom stereocenters. The van der Waals surface area contributed by atoms with Crippen molar-refractivity contribution in [2.75, 3.05) is 7.05 Å². The topological polar surface area (TPSA) is 78.0 Å². The zero-order chi connectivity index (χ0) is 20.8. The van der Waals surface area contributed by atoms with Gasteiger partial charge in [0.15, 0.2) is 5.96 Å². The number of nitrogens with zero attached hydrogens (tertiary/aromatic N) is 4. The lowest BCUT2D eigenvalue weighted by Crippen LogP contribution is -2.36. The minimum Gasteiger partial charge on any atom is -0.352 e. The number of aliphatic imine (C=N–C) groups is 1. The fourth-order valence-electron chi connectivity index (χ4n) is 3.08. The van der Waals surface area contributed by atoms with E-state index in [1.807, 2.05) is 54.9 Å². The van der Waals surface area contributed by atoms with Crippen LogP contribution in [-0.4, -0.2) is 22.8 Å². The minimum absolute atomic E-state index is 0. The molecule has 2 aromatic carbocycles. The van der Waals surface area contributed by atoms with Gasteiger partial charge >= 0.3 is 0 Å². The van der Waals surface area contributed by atoms with E-state index in [4.69, 9.17) is 5.26 Å². The Labute approximate surface area is 192 Å². The van der Waals surface area contributed by atoms with E-state index in [0.717, 1.165) is 22.6 Å². The van der Waals surface area contributed by atoms with Crippen LogP contribution in [-0.2, 0) is 13.1 Å². The van der Waals surface area contributed by atoms with E-state index in [1.54, 1.807) is 19.2 Å². The van der Waals surface area contributed by atoms with Crippen LogP contribution in [0.3, 0.4) is 0 Å². The Balaban J connectivity index is 0.00000320. The summed E-state index contributed by atoms with van der Waals surface area (Å²) in [5.41, 5.74) is 4.86. The normalized spacial score (nSPS) is 10.8. The number of aryl methyl sites for hydroxylation is 2. The summed E-state index contributed by atoms with van der Waals surface area (Å²) in [6.45, 7) is 4.79. The van der Waals surface area contributed by atoms with E-state index in [2.05, 4.69) is 20.7 Å². The molecule has 0 aliphatic heterocycles. The van der Waals surface area contributed by atoms with Gasteiger partial charge in [-0.05, 0) is 43.7 Å². The van der Waals surface area contributed by atoms with Crippen LogP contribution in [0.4, 0.5) is 4.39 Å². The zero-order valence-corrected chi connectivity index (χ0v) is 19.4. The highest BCUT2D eigenvalue weighted by atomic mass is 127. The summed E-state index contributed by atoms with van der Waals surface area (Å²) in [6, 6.07) is 16.4. The van der Waals surface area contributed by atoms with Crippen molar-refractivity contribution in [2.45, 2.75) is 26.9 Å². The van der Waals surface area contributed by atoms with E-state index in [-0.39, 0.29) is 30.5 Å². The van der Waals surface area contributed by atoms with Gasteiger partial charge in [-0.1, -0.05) is 24.3 Å². The summed E-state index contributed by atoms with van der Waals surface area (Å²) < 4.78 is 16.0.